The molecular formula is C11H14BrFN2O2S2. The van der Waals surface area contributed by atoms with Gasteiger partial charge in [-0.2, -0.15) is 16.1 Å². The molecule has 1 fully saturated rings. The summed E-state index contributed by atoms with van der Waals surface area (Å²) in [5.41, 5.74) is 5.59. The van der Waals surface area contributed by atoms with E-state index in [2.05, 4.69) is 15.9 Å². The maximum Gasteiger partial charge on any atom is 0.245 e. The van der Waals surface area contributed by atoms with E-state index in [-0.39, 0.29) is 15.1 Å². The summed E-state index contributed by atoms with van der Waals surface area (Å²) in [5.74, 6) is 1.15. The fourth-order valence-corrected chi connectivity index (χ4v) is 4.97. The lowest BCUT2D eigenvalue weighted by Gasteiger charge is -2.20. The molecule has 0 atom stereocenters. The summed E-state index contributed by atoms with van der Waals surface area (Å²) in [6, 6.07) is 2.27. The lowest BCUT2D eigenvalue weighted by molar-refractivity contribution is 0.435. The van der Waals surface area contributed by atoms with E-state index >= 15 is 0 Å². The van der Waals surface area contributed by atoms with Crippen LogP contribution in [0.2, 0.25) is 0 Å². The van der Waals surface area contributed by atoms with Gasteiger partial charge in [-0.15, -0.1) is 0 Å². The Labute approximate surface area is 124 Å². The number of nitrogen functional groups attached to an aromatic ring is 1. The third kappa shape index (κ3) is 3.24. The molecule has 2 rings (SSSR count). The number of anilines is 1. The van der Waals surface area contributed by atoms with Crippen LogP contribution >= 0.6 is 27.7 Å². The highest BCUT2D eigenvalue weighted by atomic mass is 79.9. The molecule has 0 amide bonds. The van der Waals surface area contributed by atoms with Gasteiger partial charge < -0.3 is 5.73 Å². The SMILES string of the molecule is Nc1cc(F)c(Br)cc1S(=O)(=O)N1CCCSCC1. The van der Waals surface area contributed by atoms with Crippen molar-refractivity contribution in [1.82, 2.24) is 4.31 Å². The number of halogens is 2. The number of rotatable bonds is 2. The van der Waals surface area contributed by atoms with E-state index in [4.69, 9.17) is 5.73 Å². The molecule has 1 saturated heterocycles. The van der Waals surface area contributed by atoms with Crippen LogP contribution < -0.4 is 5.73 Å². The van der Waals surface area contributed by atoms with Gasteiger partial charge in [-0.1, -0.05) is 0 Å². The largest absolute Gasteiger partial charge is 0.398 e. The summed E-state index contributed by atoms with van der Waals surface area (Å²) in [6.07, 6.45) is 0.812. The molecule has 0 spiro atoms. The molecule has 4 nitrogen and oxygen atoms in total. The zero-order chi connectivity index (χ0) is 14.0. The van der Waals surface area contributed by atoms with Crippen LogP contribution in [0.4, 0.5) is 10.1 Å². The molecule has 0 aliphatic carbocycles. The summed E-state index contributed by atoms with van der Waals surface area (Å²) >= 11 is 4.73. The van der Waals surface area contributed by atoms with Gasteiger partial charge in [-0.3, -0.25) is 0 Å². The molecule has 0 unspecified atom stereocenters. The topological polar surface area (TPSA) is 63.4 Å². The van der Waals surface area contributed by atoms with Gasteiger partial charge in [-0.05, 0) is 40.2 Å². The Morgan fingerprint density at radius 3 is 2.79 bits per heavy atom. The molecule has 0 saturated carbocycles. The highest BCUT2D eigenvalue weighted by Crippen LogP contribution is 2.29. The molecular weight excluding hydrogens is 355 g/mol. The molecule has 1 aliphatic heterocycles. The Hall–Kier alpha value is -0.310. The second-order valence-electron chi connectivity index (χ2n) is 4.17. The van der Waals surface area contributed by atoms with Crippen LogP contribution in [0, 0.1) is 5.82 Å². The number of benzene rings is 1. The van der Waals surface area contributed by atoms with Gasteiger partial charge in [0.05, 0.1) is 10.2 Å². The standard InChI is InChI=1S/C11H14BrFN2O2S2/c12-8-6-11(10(14)7-9(8)13)19(16,17)15-2-1-4-18-5-3-15/h6-7H,1-5,14H2. The number of hydrogen-bond acceptors (Lipinski definition) is 4. The van der Waals surface area contributed by atoms with E-state index < -0.39 is 15.8 Å². The Morgan fingerprint density at radius 2 is 2.05 bits per heavy atom. The Morgan fingerprint density at radius 1 is 1.32 bits per heavy atom. The molecule has 8 heteroatoms. The van der Waals surface area contributed by atoms with Gasteiger partial charge in [-0.25, -0.2) is 12.8 Å². The smallest absolute Gasteiger partial charge is 0.245 e. The second-order valence-corrected chi connectivity index (χ2v) is 8.16. The third-order valence-electron chi connectivity index (χ3n) is 2.85. The highest BCUT2D eigenvalue weighted by molar-refractivity contribution is 9.10. The second kappa shape index (κ2) is 5.99. The zero-order valence-electron chi connectivity index (χ0n) is 10.1. The molecule has 1 aliphatic rings. The van der Waals surface area contributed by atoms with Crippen molar-refractivity contribution in [2.24, 2.45) is 0 Å². The van der Waals surface area contributed by atoms with Crippen LogP contribution in [-0.4, -0.2) is 37.3 Å². The van der Waals surface area contributed by atoms with Gasteiger partial charge in [0.15, 0.2) is 0 Å². The first-order valence-electron chi connectivity index (χ1n) is 5.75. The Kier molecular flexibility index (Phi) is 4.75. The molecule has 0 aromatic heterocycles. The zero-order valence-corrected chi connectivity index (χ0v) is 13.3. The normalized spacial score (nSPS) is 18.2. The van der Waals surface area contributed by atoms with Crippen molar-refractivity contribution in [2.45, 2.75) is 11.3 Å². The van der Waals surface area contributed by atoms with Crippen molar-refractivity contribution in [2.75, 3.05) is 30.3 Å². The van der Waals surface area contributed by atoms with E-state index in [1.165, 1.54) is 10.4 Å². The number of thioether (sulfide) groups is 1. The first-order chi connectivity index (χ1) is 8.93. The van der Waals surface area contributed by atoms with Crippen molar-refractivity contribution < 1.29 is 12.8 Å². The van der Waals surface area contributed by atoms with Gasteiger partial charge >= 0.3 is 0 Å². The number of nitrogens with two attached hydrogens (primary N) is 1. The van der Waals surface area contributed by atoms with Crippen LogP contribution in [0.5, 0.6) is 0 Å². The molecule has 1 aromatic rings. The van der Waals surface area contributed by atoms with Crippen LogP contribution in [0.3, 0.4) is 0 Å². The number of sulfonamides is 1. The summed E-state index contributed by atoms with van der Waals surface area (Å²) in [6.45, 7) is 0.936. The van der Waals surface area contributed by atoms with Crippen molar-refractivity contribution in [1.29, 1.82) is 0 Å². The monoisotopic (exact) mass is 368 g/mol. The van der Waals surface area contributed by atoms with Crippen LogP contribution in [-0.2, 0) is 10.0 Å². The van der Waals surface area contributed by atoms with E-state index in [1.54, 1.807) is 11.8 Å². The van der Waals surface area contributed by atoms with E-state index in [1.807, 2.05) is 0 Å². The molecule has 1 heterocycles. The minimum atomic E-state index is -3.66. The molecule has 0 bridgehead atoms. The maximum absolute atomic E-state index is 13.3. The number of nitrogens with zero attached hydrogens (tertiary/aromatic N) is 1. The summed E-state index contributed by atoms with van der Waals surface area (Å²) in [5, 5.41) is 0. The van der Waals surface area contributed by atoms with Crippen molar-refractivity contribution in [3.8, 4) is 0 Å². The highest BCUT2D eigenvalue weighted by Gasteiger charge is 2.28. The van der Waals surface area contributed by atoms with Gasteiger partial charge in [0.2, 0.25) is 10.0 Å². The van der Waals surface area contributed by atoms with E-state index in [0.29, 0.717) is 13.1 Å². The quantitative estimate of drug-likeness (QED) is 0.813. The molecule has 1 aromatic carbocycles. The average molecular weight is 369 g/mol. The summed E-state index contributed by atoms with van der Waals surface area (Å²) < 4.78 is 39.9. The molecule has 2 N–H and O–H groups in total. The number of hydrogen-bond donors (Lipinski definition) is 1. The fourth-order valence-electron chi connectivity index (χ4n) is 1.87. The molecule has 0 radical (unpaired) electrons. The first kappa shape index (κ1) is 15.1. The fraction of sp³-hybridized carbons (Fsp3) is 0.455. The van der Waals surface area contributed by atoms with E-state index in [0.717, 1.165) is 24.0 Å². The first-order valence-corrected chi connectivity index (χ1v) is 9.14. The molecule has 19 heavy (non-hydrogen) atoms. The van der Waals surface area contributed by atoms with Crippen LogP contribution in [0.25, 0.3) is 0 Å². The van der Waals surface area contributed by atoms with Crippen molar-refractivity contribution in [3.63, 3.8) is 0 Å². The van der Waals surface area contributed by atoms with E-state index in [9.17, 15) is 12.8 Å². The van der Waals surface area contributed by atoms with Crippen LogP contribution in [0.15, 0.2) is 21.5 Å². The lowest BCUT2D eigenvalue weighted by atomic mass is 10.3. The predicted octanol–water partition coefficient (Wildman–Crippen LogP) is 2.30. The van der Waals surface area contributed by atoms with Crippen molar-refractivity contribution >= 4 is 43.4 Å². The predicted molar refractivity (Wildman–Crippen MR) is 79.2 cm³/mol. The Balaban J connectivity index is 2.41. The minimum Gasteiger partial charge on any atom is -0.398 e. The summed E-state index contributed by atoms with van der Waals surface area (Å²) in [7, 11) is -3.66. The average Bonchev–Trinajstić information content (AvgIpc) is 2.62. The van der Waals surface area contributed by atoms with Gasteiger partial charge in [0.25, 0.3) is 0 Å². The summed E-state index contributed by atoms with van der Waals surface area (Å²) in [4.78, 5) is -0.0346. The van der Waals surface area contributed by atoms with Gasteiger partial charge in [0.1, 0.15) is 10.7 Å². The van der Waals surface area contributed by atoms with Crippen LogP contribution in [0.1, 0.15) is 6.42 Å². The third-order valence-corrected chi connectivity index (χ3v) is 6.46. The molecule has 106 valence electrons. The lowest BCUT2D eigenvalue weighted by Crippen LogP contribution is -2.33. The minimum absolute atomic E-state index is 0.0346. The van der Waals surface area contributed by atoms with Gasteiger partial charge in [0, 0.05) is 18.8 Å². The maximum atomic E-state index is 13.3. The van der Waals surface area contributed by atoms with Crippen molar-refractivity contribution in [3.05, 3.63) is 22.4 Å². The Bertz CT molecular complexity index is 572.